The molecule has 0 heterocycles. The molecule has 2 unspecified atom stereocenters. The van der Waals surface area contributed by atoms with Crippen molar-refractivity contribution in [2.45, 2.75) is 52.3 Å². The third kappa shape index (κ3) is 5.39. The van der Waals surface area contributed by atoms with Crippen LogP contribution in [0.2, 0.25) is 5.02 Å². The van der Waals surface area contributed by atoms with Crippen LogP contribution in [0.15, 0.2) is 18.2 Å². The fraction of sp³-hybridized carbons (Fsp3) is 0.533. The second-order valence-electron chi connectivity index (χ2n) is 6.02. The highest BCUT2D eigenvalue weighted by atomic mass is 35.5. The SMILES string of the molecule is Cc1cc(Cl)cc(C(N)C(C)NC(=O)OC(C)(C)C)c1. The lowest BCUT2D eigenvalue weighted by Crippen LogP contribution is -2.43. The largest absolute Gasteiger partial charge is 0.444 e. The average Bonchev–Trinajstić information content (AvgIpc) is 2.23. The van der Waals surface area contributed by atoms with Gasteiger partial charge in [0.05, 0.1) is 0 Å². The van der Waals surface area contributed by atoms with E-state index in [4.69, 9.17) is 22.1 Å². The summed E-state index contributed by atoms with van der Waals surface area (Å²) < 4.78 is 5.21. The number of carbonyl (C=O) groups is 1. The number of alkyl carbamates (subject to hydrolysis) is 1. The highest BCUT2D eigenvalue weighted by molar-refractivity contribution is 6.30. The Bertz CT molecular complexity index is 463. The van der Waals surface area contributed by atoms with Gasteiger partial charge in [-0.2, -0.15) is 0 Å². The number of carbonyl (C=O) groups excluding carboxylic acids is 1. The monoisotopic (exact) mass is 298 g/mol. The molecule has 4 nitrogen and oxygen atoms in total. The fourth-order valence-electron chi connectivity index (χ4n) is 1.83. The normalized spacial score (nSPS) is 14.6. The maximum absolute atomic E-state index is 11.7. The van der Waals surface area contributed by atoms with Crippen LogP contribution in [0.3, 0.4) is 0 Å². The number of ether oxygens (including phenoxy) is 1. The molecule has 3 N–H and O–H groups in total. The van der Waals surface area contributed by atoms with Gasteiger partial charge in [-0.05, 0) is 57.9 Å². The minimum atomic E-state index is -0.527. The smallest absolute Gasteiger partial charge is 0.407 e. The van der Waals surface area contributed by atoms with Crippen molar-refractivity contribution in [3.63, 3.8) is 0 Å². The third-order valence-electron chi connectivity index (χ3n) is 2.73. The molecule has 0 aliphatic heterocycles. The summed E-state index contributed by atoms with van der Waals surface area (Å²) in [7, 11) is 0. The molecule has 2 atom stereocenters. The third-order valence-corrected chi connectivity index (χ3v) is 2.95. The number of hydrogen-bond donors (Lipinski definition) is 2. The summed E-state index contributed by atoms with van der Waals surface area (Å²) in [5.74, 6) is 0. The van der Waals surface area contributed by atoms with E-state index < -0.39 is 11.7 Å². The molecular weight excluding hydrogens is 276 g/mol. The minimum Gasteiger partial charge on any atom is -0.444 e. The zero-order valence-corrected chi connectivity index (χ0v) is 13.4. The van der Waals surface area contributed by atoms with Crippen LogP contribution in [0.25, 0.3) is 0 Å². The molecular formula is C15H23ClN2O2. The molecule has 1 rings (SSSR count). The van der Waals surface area contributed by atoms with Crippen molar-refractivity contribution < 1.29 is 9.53 Å². The van der Waals surface area contributed by atoms with Crippen LogP contribution in [0.5, 0.6) is 0 Å². The van der Waals surface area contributed by atoms with Crippen molar-refractivity contribution in [3.05, 3.63) is 34.3 Å². The Balaban J connectivity index is 2.71. The van der Waals surface area contributed by atoms with E-state index in [1.807, 2.05) is 52.8 Å². The molecule has 0 fully saturated rings. The molecule has 0 radical (unpaired) electrons. The maximum atomic E-state index is 11.7. The van der Waals surface area contributed by atoms with E-state index in [0.29, 0.717) is 5.02 Å². The van der Waals surface area contributed by atoms with Crippen LogP contribution in [0.4, 0.5) is 4.79 Å². The molecule has 1 aromatic rings. The van der Waals surface area contributed by atoms with Gasteiger partial charge in [-0.25, -0.2) is 4.79 Å². The number of nitrogens with one attached hydrogen (secondary N) is 1. The molecule has 0 aliphatic rings. The summed E-state index contributed by atoms with van der Waals surface area (Å²) in [5.41, 5.74) is 7.55. The van der Waals surface area contributed by atoms with E-state index in [-0.39, 0.29) is 12.1 Å². The minimum absolute atomic E-state index is 0.261. The number of aryl methyl sites for hydroxylation is 1. The first kappa shape index (κ1) is 16.8. The van der Waals surface area contributed by atoms with E-state index in [1.165, 1.54) is 0 Å². The van der Waals surface area contributed by atoms with Crippen LogP contribution in [0, 0.1) is 6.92 Å². The van der Waals surface area contributed by atoms with E-state index in [2.05, 4.69) is 5.32 Å². The lowest BCUT2D eigenvalue weighted by atomic mass is 10.00. The fourth-order valence-corrected chi connectivity index (χ4v) is 2.13. The van der Waals surface area contributed by atoms with Gasteiger partial charge in [-0.3, -0.25) is 0 Å². The standard InChI is InChI=1S/C15H23ClN2O2/c1-9-6-11(8-12(16)7-9)13(17)10(2)18-14(19)20-15(3,4)5/h6-8,10,13H,17H2,1-5H3,(H,18,19). The van der Waals surface area contributed by atoms with Gasteiger partial charge in [0, 0.05) is 17.1 Å². The first-order chi connectivity index (χ1) is 9.08. The number of nitrogens with two attached hydrogens (primary N) is 1. The van der Waals surface area contributed by atoms with E-state index in [0.717, 1.165) is 11.1 Å². The lowest BCUT2D eigenvalue weighted by Gasteiger charge is -2.25. The second-order valence-corrected chi connectivity index (χ2v) is 6.46. The highest BCUT2D eigenvalue weighted by Crippen LogP contribution is 2.21. The van der Waals surface area contributed by atoms with Gasteiger partial charge in [0.1, 0.15) is 5.60 Å². The summed E-state index contributed by atoms with van der Waals surface area (Å²) in [6.45, 7) is 9.24. The molecule has 0 aliphatic carbocycles. The zero-order chi connectivity index (χ0) is 15.5. The second kappa shape index (κ2) is 6.46. The number of benzene rings is 1. The summed E-state index contributed by atoms with van der Waals surface area (Å²) in [5, 5.41) is 3.38. The Morgan fingerprint density at radius 2 is 1.95 bits per heavy atom. The lowest BCUT2D eigenvalue weighted by molar-refractivity contribution is 0.0501. The van der Waals surface area contributed by atoms with Gasteiger partial charge in [0.2, 0.25) is 0 Å². The van der Waals surface area contributed by atoms with Crippen molar-refractivity contribution in [2.75, 3.05) is 0 Å². The number of hydrogen-bond acceptors (Lipinski definition) is 3. The predicted octanol–water partition coefficient (Wildman–Crippen LogP) is 3.56. The number of amides is 1. The zero-order valence-electron chi connectivity index (χ0n) is 12.7. The molecule has 5 heteroatoms. The maximum Gasteiger partial charge on any atom is 0.407 e. The quantitative estimate of drug-likeness (QED) is 0.897. The van der Waals surface area contributed by atoms with Crippen molar-refractivity contribution in [1.29, 1.82) is 0 Å². The highest BCUT2D eigenvalue weighted by Gasteiger charge is 2.21. The number of halogens is 1. The Labute approximate surface area is 125 Å². The van der Waals surface area contributed by atoms with Crippen LogP contribution >= 0.6 is 11.6 Å². The summed E-state index contributed by atoms with van der Waals surface area (Å²) >= 11 is 6.02. The molecule has 1 aromatic carbocycles. The average molecular weight is 299 g/mol. The Kier molecular flexibility index (Phi) is 5.42. The summed E-state index contributed by atoms with van der Waals surface area (Å²) in [6.07, 6.45) is -0.473. The van der Waals surface area contributed by atoms with Gasteiger partial charge in [-0.15, -0.1) is 0 Å². The Hall–Kier alpha value is -1.26. The van der Waals surface area contributed by atoms with E-state index >= 15 is 0 Å². The van der Waals surface area contributed by atoms with Crippen molar-refractivity contribution in [2.24, 2.45) is 5.73 Å². The first-order valence-corrected chi connectivity index (χ1v) is 6.98. The Morgan fingerprint density at radius 3 is 2.45 bits per heavy atom. The van der Waals surface area contributed by atoms with Gasteiger partial charge in [-0.1, -0.05) is 17.7 Å². The molecule has 0 bridgehead atoms. The van der Waals surface area contributed by atoms with Crippen molar-refractivity contribution >= 4 is 17.7 Å². The van der Waals surface area contributed by atoms with E-state index in [9.17, 15) is 4.79 Å². The first-order valence-electron chi connectivity index (χ1n) is 6.60. The van der Waals surface area contributed by atoms with Gasteiger partial charge < -0.3 is 15.8 Å². The molecule has 0 saturated heterocycles. The number of rotatable bonds is 3. The van der Waals surface area contributed by atoms with Crippen molar-refractivity contribution in [1.82, 2.24) is 5.32 Å². The summed E-state index contributed by atoms with van der Waals surface area (Å²) in [6, 6.07) is 5.03. The van der Waals surface area contributed by atoms with Gasteiger partial charge in [0.25, 0.3) is 0 Å². The van der Waals surface area contributed by atoms with Crippen LogP contribution in [-0.2, 0) is 4.74 Å². The van der Waals surface area contributed by atoms with Crippen LogP contribution < -0.4 is 11.1 Å². The molecule has 0 spiro atoms. The summed E-state index contributed by atoms with van der Waals surface area (Å²) in [4.78, 5) is 11.7. The van der Waals surface area contributed by atoms with Crippen LogP contribution in [-0.4, -0.2) is 17.7 Å². The Morgan fingerprint density at radius 1 is 1.35 bits per heavy atom. The van der Waals surface area contributed by atoms with Crippen LogP contribution in [0.1, 0.15) is 44.9 Å². The molecule has 20 heavy (non-hydrogen) atoms. The molecule has 0 saturated carbocycles. The predicted molar refractivity (Wildman–Crippen MR) is 81.9 cm³/mol. The van der Waals surface area contributed by atoms with Gasteiger partial charge in [0.15, 0.2) is 0 Å². The molecule has 1 amide bonds. The van der Waals surface area contributed by atoms with Gasteiger partial charge >= 0.3 is 6.09 Å². The topological polar surface area (TPSA) is 64.3 Å². The molecule has 112 valence electrons. The molecule has 0 aromatic heterocycles. The van der Waals surface area contributed by atoms with E-state index in [1.54, 1.807) is 0 Å². The van der Waals surface area contributed by atoms with Crippen molar-refractivity contribution in [3.8, 4) is 0 Å².